The molecule has 3 N–H and O–H groups in total. The number of rotatable bonds is 9. The number of amides is 2. The zero-order chi connectivity index (χ0) is 26.5. The van der Waals surface area contributed by atoms with Crippen molar-refractivity contribution in [3.8, 4) is 0 Å². The molecular weight excluding hydrogens is 541 g/mol. The molecule has 2 aromatic heterocycles. The highest BCUT2D eigenvalue weighted by molar-refractivity contribution is 7.22. The first kappa shape index (κ1) is 27.2. The van der Waals surface area contributed by atoms with Crippen LogP contribution in [0.15, 0.2) is 24.3 Å². The molecule has 2 fully saturated rings. The van der Waals surface area contributed by atoms with Crippen LogP contribution in [0, 0.1) is 5.92 Å². The number of aromatic nitrogens is 2. The number of urea groups is 1. The van der Waals surface area contributed by atoms with E-state index in [1.807, 2.05) is 25.1 Å². The Morgan fingerprint density at radius 1 is 1.11 bits per heavy atom. The second kappa shape index (κ2) is 12.7. The summed E-state index contributed by atoms with van der Waals surface area (Å²) in [7, 11) is 0. The quantitative estimate of drug-likeness (QED) is 0.271. The maximum Gasteiger partial charge on any atom is 0.319 e. The number of carbonyl (C=O) groups is 1. The standard InChI is InChI=1S/C27H35Cl2N7OS/c1-2-30-27(37)32-23-16-21-24(31-17-19-5-6-20(28)15-22(19)29)33-26(34-25(21)38-23)36-13-8-18(9-14-36)7-12-35-10-3-4-11-35/h5-6,15-16,18H,2-4,7-14,17H2,1H3,(H2,30,32,37)(H,31,33,34). The summed E-state index contributed by atoms with van der Waals surface area (Å²) in [5, 5.41) is 12.0. The molecule has 2 amide bonds. The number of likely N-dealkylation sites (tertiary alicyclic amines) is 1. The van der Waals surface area contributed by atoms with Gasteiger partial charge in [-0.15, -0.1) is 0 Å². The van der Waals surface area contributed by atoms with Gasteiger partial charge in [0, 0.05) is 36.2 Å². The number of halogens is 2. The van der Waals surface area contributed by atoms with Gasteiger partial charge in [0.2, 0.25) is 5.95 Å². The summed E-state index contributed by atoms with van der Waals surface area (Å²) in [6.07, 6.45) is 6.30. The van der Waals surface area contributed by atoms with E-state index in [1.54, 1.807) is 6.07 Å². The van der Waals surface area contributed by atoms with Gasteiger partial charge in [-0.1, -0.05) is 40.6 Å². The number of benzene rings is 1. The number of piperidine rings is 1. The van der Waals surface area contributed by atoms with Crippen LogP contribution in [-0.2, 0) is 6.54 Å². The topological polar surface area (TPSA) is 85.4 Å². The van der Waals surface area contributed by atoms with E-state index in [0.29, 0.717) is 23.1 Å². The van der Waals surface area contributed by atoms with Crippen molar-refractivity contribution >= 4 is 67.6 Å². The lowest BCUT2D eigenvalue weighted by Crippen LogP contribution is -2.36. The Balaban J connectivity index is 1.32. The summed E-state index contributed by atoms with van der Waals surface area (Å²) in [5.41, 5.74) is 0.930. The molecule has 2 saturated heterocycles. The number of anilines is 3. The molecule has 3 aromatic rings. The van der Waals surface area contributed by atoms with Crippen LogP contribution in [0.25, 0.3) is 10.2 Å². The van der Waals surface area contributed by atoms with Gasteiger partial charge in [-0.05, 0) is 88.3 Å². The molecule has 0 radical (unpaired) electrons. The first-order valence-electron chi connectivity index (χ1n) is 13.5. The van der Waals surface area contributed by atoms with Crippen LogP contribution >= 0.6 is 34.5 Å². The average Bonchev–Trinajstić information content (AvgIpc) is 3.57. The van der Waals surface area contributed by atoms with E-state index in [1.165, 1.54) is 50.2 Å². The summed E-state index contributed by atoms with van der Waals surface area (Å²) in [5.74, 6) is 2.22. The fourth-order valence-corrected chi connectivity index (χ4v) is 6.60. The average molecular weight is 577 g/mol. The van der Waals surface area contributed by atoms with Crippen molar-refractivity contribution in [3.63, 3.8) is 0 Å². The Bertz CT molecular complexity index is 1260. The maximum atomic E-state index is 12.1. The zero-order valence-corrected chi connectivity index (χ0v) is 24.1. The van der Waals surface area contributed by atoms with Crippen LogP contribution in [-0.4, -0.2) is 60.2 Å². The first-order chi connectivity index (χ1) is 18.5. The van der Waals surface area contributed by atoms with Gasteiger partial charge in [-0.3, -0.25) is 5.32 Å². The highest BCUT2D eigenvalue weighted by Crippen LogP contribution is 2.35. The van der Waals surface area contributed by atoms with Crippen LogP contribution in [0.2, 0.25) is 10.0 Å². The molecule has 0 aliphatic carbocycles. The number of hydrogen-bond acceptors (Lipinski definition) is 7. The lowest BCUT2D eigenvalue weighted by molar-refractivity contribution is 0.252. The van der Waals surface area contributed by atoms with Crippen LogP contribution < -0.4 is 20.9 Å². The van der Waals surface area contributed by atoms with E-state index in [9.17, 15) is 4.79 Å². The third-order valence-corrected chi connectivity index (χ3v) is 8.90. The number of thiophene rings is 1. The van der Waals surface area contributed by atoms with Gasteiger partial charge >= 0.3 is 6.03 Å². The number of fused-ring (bicyclic) bond motifs is 1. The van der Waals surface area contributed by atoms with Gasteiger partial charge in [0.1, 0.15) is 10.6 Å². The van der Waals surface area contributed by atoms with Crippen molar-refractivity contribution < 1.29 is 4.79 Å². The Morgan fingerprint density at radius 3 is 2.63 bits per heavy atom. The van der Waals surface area contributed by atoms with Gasteiger partial charge in [0.05, 0.1) is 10.4 Å². The second-order valence-electron chi connectivity index (χ2n) is 10.0. The smallest absolute Gasteiger partial charge is 0.319 e. The minimum atomic E-state index is -0.231. The molecule has 2 aliphatic heterocycles. The SMILES string of the molecule is CCNC(=O)Nc1cc2c(NCc3ccc(Cl)cc3Cl)nc(N3CCC(CCN4CCCC4)CC3)nc2s1. The number of carbonyl (C=O) groups excluding carboxylic acids is 1. The summed E-state index contributed by atoms with van der Waals surface area (Å²) in [6.45, 7) is 8.61. The molecule has 5 rings (SSSR count). The van der Waals surface area contributed by atoms with Crippen LogP contribution in [0.3, 0.4) is 0 Å². The number of nitrogens with zero attached hydrogens (tertiary/aromatic N) is 4. The highest BCUT2D eigenvalue weighted by Gasteiger charge is 2.24. The van der Waals surface area contributed by atoms with Crippen LogP contribution in [0.1, 0.15) is 44.6 Å². The molecule has 38 heavy (non-hydrogen) atoms. The van der Waals surface area contributed by atoms with Crippen molar-refractivity contribution in [1.29, 1.82) is 0 Å². The lowest BCUT2D eigenvalue weighted by Gasteiger charge is -2.33. The third-order valence-electron chi connectivity index (χ3n) is 7.37. The molecule has 0 spiro atoms. The zero-order valence-electron chi connectivity index (χ0n) is 21.7. The van der Waals surface area contributed by atoms with Crippen molar-refractivity contribution in [2.24, 2.45) is 5.92 Å². The van der Waals surface area contributed by atoms with E-state index in [0.717, 1.165) is 64.4 Å². The fourth-order valence-electron chi connectivity index (χ4n) is 5.20. The molecule has 0 unspecified atom stereocenters. The summed E-state index contributed by atoms with van der Waals surface area (Å²) in [6, 6.07) is 7.19. The first-order valence-corrected chi connectivity index (χ1v) is 15.1. The van der Waals surface area contributed by atoms with E-state index < -0.39 is 0 Å². The van der Waals surface area contributed by atoms with E-state index in [2.05, 4.69) is 25.8 Å². The number of nitrogens with one attached hydrogen (secondary N) is 3. The van der Waals surface area contributed by atoms with E-state index in [-0.39, 0.29) is 6.03 Å². The molecule has 4 heterocycles. The molecule has 0 atom stereocenters. The summed E-state index contributed by atoms with van der Waals surface area (Å²) in [4.78, 5) is 27.7. The van der Waals surface area contributed by atoms with Gasteiger partial charge in [0.25, 0.3) is 0 Å². The van der Waals surface area contributed by atoms with Gasteiger partial charge < -0.3 is 20.4 Å². The Morgan fingerprint density at radius 2 is 1.89 bits per heavy atom. The van der Waals surface area contributed by atoms with Crippen molar-refractivity contribution in [2.45, 2.75) is 45.6 Å². The van der Waals surface area contributed by atoms with Gasteiger partial charge in [-0.2, -0.15) is 4.98 Å². The molecule has 0 saturated carbocycles. The summed E-state index contributed by atoms with van der Waals surface area (Å²) >= 11 is 13.9. The van der Waals surface area contributed by atoms with Crippen molar-refractivity contribution in [3.05, 3.63) is 39.9 Å². The summed E-state index contributed by atoms with van der Waals surface area (Å²) < 4.78 is 0. The van der Waals surface area contributed by atoms with Gasteiger partial charge in [-0.25, -0.2) is 9.78 Å². The molecule has 204 valence electrons. The molecular formula is C27H35Cl2N7OS. The predicted octanol–water partition coefficient (Wildman–Crippen LogP) is 6.45. The van der Waals surface area contributed by atoms with Crippen LogP contribution in [0.4, 0.5) is 21.6 Å². The Hall–Kier alpha value is -2.33. The molecule has 8 nitrogen and oxygen atoms in total. The minimum absolute atomic E-state index is 0.231. The predicted molar refractivity (Wildman–Crippen MR) is 159 cm³/mol. The normalized spacial score (nSPS) is 16.8. The Kier molecular flexibility index (Phi) is 9.09. The molecule has 1 aromatic carbocycles. The maximum absolute atomic E-state index is 12.1. The molecule has 2 aliphatic rings. The minimum Gasteiger partial charge on any atom is -0.365 e. The third kappa shape index (κ3) is 6.81. The second-order valence-corrected chi connectivity index (χ2v) is 11.9. The van der Waals surface area contributed by atoms with E-state index >= 15 is 0 Å². The molecule has 11 heteroatoms. The van der Waals surface area contributed by atoms with E-state index in [4.69, 9.17) is 33.2 Å². The Labute approximate surface area is 238 Å². The fraction of sp³-hybridized carbons (Fsp3) is 0.519. The van der Waals surface area contributed by atoms with Crippen LogP contribution in [0.5, 0.6) is 0 Å². The monoisotopic (exact) mass is 575 g/mol. The van der Waals surface area contributed by atoms with Crippen molar-refractivity contribution in [2.75, 3.05) is 54.8 Å². The van der Waals surface area contributed by atoms with Gasteiger partial charge in [0.15, 0.2) is 0 Å². The number of hydrogen-bond donors (Lipinski definition) is 3. The van der Waals surface area contributed by atoms with Crippen molar-refractivity contribution in [1.82, 2.24) is 20.2 Å². The largest absolute Gasteiger partial charge is 0.365 e. The lowest BCUT2D eigenvalue weighted by atomic mass is 9.93. The molecule has 0 bridgehead atoms. The highest BCUT2D eigenvalue weighted by atomic mass is 35.5.